The molecule has 0 bridgehead atoms. The second-order valence-electron chi connectivity index (χ2n) is 5.29. The molecule has 1 amide bonds. The number of carbonyl (C=O) groups is 1. The highest BCUT2D eigenvalue weighted by molar-refractivity contribution is 5.98. The molecule has 118 valence electrons. The Bertz CT molecular complexity index is 670. The summed E-state index contributed by atoms with van der Waals surface area (Å²) in [5.74, 6) is 0.580. The Hall–Kier alpha value is -2.14. The standard InChI is InChI=1S/C17H22N2O3/c1-4-13(20)7-8-18-17(21)15-9-12-5-6-14(22-3)10-16(12)19-11(15)2/h5-6,9-10,13,20H,4,7-8H2,1-3H3,(H,18,21). The first kappa shape index (κ1) is 16.2. The van der Waals surface area contributed by atoms with Gasteiger partial charge in [0.2, 0.25) is 0 Å². The fourth-order valence-corrected chi connectivity index (χ4v) is 2.25. The maximum absolute atomic E-state index is 12.2. The summed E-state index contributed by atoms with van der Waals surface area (Å²) in [4.78, 5) is 16.7. The van der Waals surface area contributed by atoms with Crippen LogP contribution in [0.2, 0.25) is 0 Å². The molecule has 1 aromatic carbocycles. The third-order valence-corrected chi connectivity index (χ3v) is 3.69. The molecule has 1 aromatic heterocycles. The number of nitrogens with one attached hydrogen (secondary N) is 1. The van der Waals surface area contributed by atoms with Gasteiger partial charge in [-0.3, -0.25) is 9.78 Å². The van der Waals surface area contributed by atoms with Crippen LogP contribution in [0.15, 0.2) is 24.3 Å². The normalized spacial score (nSPS) is 12.2. The van der Waals surface area contributed by atoms with Crippen molar-refractivity contribution in [3.63, 3.8) is 0 Å². The van der Waals surface area contributed by atoms with Gasteiger partial charge < -0.3 is 15.2 Å². The number of fused-ring (bicyclic) bond motifs is 1. The average molecular weight is 302 g/mol. The SMILES string of the molecule is CCC(O)CCNC(=O)c1cc2ccc(OC)cc2nc1C. The molecule has 1 atom stereocenters. The molecule has 0 saturated carbocycles. The van der Waals surface area contributed by atoms with Crippen LogP contribution in [0.4, 0.5) is 0 Å². The van der Waals surface area contributed by atoms with Gasteiger partial charge in [-0.05, 0) is 38.0 Å². The molecule has 0 fully saturated rings. The van der Waals surface area contributed by atoms with Gasteiger partial charge in [0.15, 0.2) is 0 Å². The van der Waals surface area contributed by atoms with Crippen molar-refractivity contribution in [2.75, 3.05) is 13.7 Å². The molecule has 0 aliphatic carbocycles. The monoisotopic (exact) mass is 302 g/mol. The number of hydrogen-bond donors (Lipinski definition) is 2. The molecule has 2 N–H and O–H groups in total. The second kappa shape index (κ2) is 7.22. The van der Waals surface area contributed by atoms with E-state index >= 15 is 0 Å². The van der Waals surface area contributed by atoms with Gasteiger partial charge in [-0.1, -0.05) is 6.92 Å². The molecule has 0 saturated heterocycles. The van der Waals surface area contributed by atoms with Gasteiger partial charge in [0.25, 0.3) is 5.91 Å². The first-order valence-electron chi connectivity index (χ1n) is 7.46. The van der Waals surface area contributed by atoms with Crippen molar-refractivity contribution >= 4 is 16.8 Å². The topological polar surface area (TPSA) is 71.5 Å². The van der Waals surface area contributed by atoms with Crippen molar-refractivity contribution in [2.24, 2.45) is 0 Å². The fourth-order valence-electron chi connectivity index (χ4n) is 2.25. The average Bonchev–Trinajstić information content (AvgIpc) is 2.53. The summed E-state index contributed by atoms with van der Waals surface area (Å²) in [5, 5.41) is 13.2. The van der Waals surface area contributed by atoms with Crippen LogP contribution in [0.25, 0.3) is 10.9 Å². The van der Waals surface area contributed by atoms with Crippen molar-refractivity contribution in [1.82, 2.24) is 10.3 Å². The summed E-state index contributed by atoms with van der Waals surface area (Å²) in [6.07, 6.45) is 0.872. The van der Waals surface area contributed by atoms with E-state index in [1.165, 1.54) is 0 Å². The molecule has 1 heterocycles. The third-order valence-electron chi connectivity index (χ3n) is 3.69. The van der Waals surface area contributed by atoms with Crippen LogP contribution in [-0.4, -0.2) is 35.8 Å². The number of aliphatic hydroxyl groups is 1. The number of amides is 1. The van der Waals surface area contributed by atoms with Crippen LogP contribution in [0.1, 0.15) is 35.8 Å². The van der Waals surface area contributed by atoms with Crippen LogP contribution >= 0.6 is 0 Å². The summed E-state index contributed by atoms with van der Waals surface area (Å²) in [5.41, 5.74) is 2.03. The quantitative estimate of drug-likeness (QED) is 0.860. The molecule has 2 aromatic rings. The highest BCUT2D eigenvalue weighted by Gasteiger charge is 2.12. The van der Waals surface area contributed by atoms with E-state index in [4.69, 9.17) is 4.74 Å². The predicted octanol–water partition coefficient (Wildman–Crippen LogP) is 2.44. The van der Waals surface area contributed by atoms with Crippen LogP contribution in [-0.2, 0) is 0 Å². The minimum absolute atomic E-state index is 0.161. The van der Waals surface area contributed by atoms with Gasteiger partial charge in [0, 0.05) is 18.0 Å². The first-order chi connectivity index (χ1) is 10.5. The highest BCUT2D eigenvalue weighted by atomic mass is 16.5. The van der Waals surface area contributed by atoms with E-state index in [0.29, 0.717) is 30.6 Å². The van der Waals surface area contributed by atoms with E-state index in [2.05, 4.69) is 10.3 Å². The maximum Gasteiger partial charge on any atom is 0.253 e. The molecule has 0 aliphatic rings. The lowest BCUT2D eigenvalue weighted by atomic mass is 10.1. The number of methoxy groups -OCH3 is 1. The van der Waals surface area contributed by atoms with Gasteiger partial charge in [-0.15, -0.1) is 0 Å². The predicted molar refractivity (Wildman–Crippen MR) is 86.3 cm³/mol. The minimum Gasteiger partial charge on any atom is -0.497 e. The molecule has 2 rings (SSSR count). The lowest BCUT2D eigenvalue weighted by Crippen LogP contribution is -2.27. The lowest BCUT2D eigenvalue weighted by Gasteiger charge is -2.11. The third kappa shape index (κ3) is 3.74. The lowest BCUT2D eigenvalue weighted by molar-refractivity contribution is 0.0941. The number of rotatable bonds is 6. The number of nitrogens with zero attached hydrogens (tertiary/aromatic N) is 1. The Labute approximate surface area is 130 Å². The Morgan fingerprint density at radius 2 is 2.18 bits per heavy atom. The zero-order valence-corrected chi connectivity index (χ0v) is 13.2. The number of aromatic nitrogens is 1. The number of aliphatic hydroxyl groups excluding tert-OH is 1. The summed E-state index contributed by atoms with van der Waals surface area (Å²) >= 11 is 0. The number of benzene rings is 1. The van der Waals surface area contributed by atoms with Crippen molar-refractivity contribution in [3.05, 3.63) is 35.5 Å². The van der Waals surface area contributed by atoms with E-state index in [1.54, 1.807) is 7.11 Å². The van der Waals surface area contributed by atoms with Crippen LogP contribution < -0.4 is 10.1 Å². The summed E-state index contributed by atoms with van der Waals surface area (Å²) in [6.45, 7) is 4.18. The summed E-state index contributed by atoms with van der Waals surface area (Å²) in [6, 6.07) is 7.42. The van der Waals surface area contributed by atoms with Gasteiger partial charge in [-0.25, -0.2) is 0 Å². The maximum atomic E-state index is 12.2. The second-order valence-corrected chi connectivity index (χ2v) is 5.29. The molecular formula is C17H22N2O3. The number of hydrogen-bond acceptors (Lipinski definition) is 4. The Morgan fingerprint density at radius 3 is 2.86 bits per heavy atom. The van der Waals surface area contributed by atoms with Crippen molar-refractivity contribution in [3.8, 4) is 5.75 Å². The van der Waals surface area contributed by atoms with E-state index < -0.39 is 0 Å². The van der Waals surface area contributed by atoms with Crippen molar-refractivity contribution in [2.45, 2.75) is 32.8 Å². The molecule has 0 spiro atoms. The van der Waals surface area contributed by atoms with Crippen molar-refractivity contribution < 1.29 is 14.6 Å². The Balaban J connectivity index is 2.16. The van der Waals surface area contributed by atoms with Crippen molar-refractivity contribution in [1.29, 1.82) is 0 Å². The van der Waals surface area contributed by atoms with Crippen LogP contribution in [0.5, 0.6) is 5.75 Å². The number of ether oxygens (including phenoxy) is 1. The van der Waals surface area contributed by atoms with E-state index in [0.717, 1.165) is 16.7 Å². The smallest absolute Gasteiger partial charge is 0.253 e. The molecule has 22 heavy (non-hydrogen) atoms. The number of carbonyl (C=O) groups excluding carboxylic acids is 1. The van der Waals surface area contributed by atoms with E-state index in [9.17, 15) is 9.90 Å². The largest absolute Gasteiger partial charge is 0.497 e. The summed E-state index contributed by atoms with van der Waals surface area (Å²) < 4.78 is 5.18. The van der Waals surface area contributed by atoms with E-state index in [1.807, 2.05) is 38.1 Å². The molecule has 5 nitrogen and oxygen atoms in total. The highest BCUT2D eigenvalue weighted by Crippen LogP contribution is 2.21. The summed E-state index contributed by atoms with van der Waals surface area (Å²) in [7, 11) is 1.61. The molecule has 5 heteroatoms. The molecule has 0 radical (unpaired) electrons. The van der Waals surface area contributed by atoms with Gasteiger partial charge in [0.05, 0.1) is 30.0 Å². The van der Waals surface area contributed by atoms with Gasteiger partial charge in [0.1, 0.15) is 5.75 Å². The molecule has 0 aliphatic heterocycles. The first-order valence-corrected chi connectivity index (χ1v) is 7.46. The Morgan fingerprint density at radius 1 is 1.41 bits per heavy atom. The zero-order chi connectivity index (χ0) is 16.1. The molecular weight excluding hydrogens is 280 g/mol. The molecule has 1 unspecified atom stereocenters. The minimum atomic E-state index is -0.372. The van der Waals surface area contributed by atoms with Crippen LogP contribution in [0.3, 0.4) is 0 Å². The van der Waals surface area contributed by atoms with Gasteiger partial charge >= 0.3 is 0 Å². The Kier molecular flexibility index (Phi) is 5.33. The van der Waals surface area contributed by atoms with E-state index in [-0.39, 0.29) is 12.0 Å². The van der Waals surface area contributed by atoms with Crippen LogP contribution in [0, 0.1) is 6.92 Å². The number of pyridine rings is 1. The zero-order valence-electron chi connectivity index (χ0n) is 13.2. The number of aryl methyl sites for hydroxylation is 1. The van der Waals surface area contributed by atoms with Gasteiger partial charge in [-0.2, -0.15) is 0 Å². The fraction of sp³-hybridized carbons (Fsp3) is 0.412.